The normalized spacial score (nSPS) is 14.1. The molecule has 0 aliphatic carbocycles. The third kappa shape index (κ3) is 5.58. The second-order valence-electron chi connectivity index (χ2n) is 5.71. The van der Waals surface area contributed by atoms with Crippen molar-refractivity contribution in [1.82, 2.24) is 10.6 Å². The highest BCUT2D eigenvalue weighted by Gasteiger charge is 2.30. The van der Waals surface area contributed by atoms with Gasteiger partial charge in [-0.3, -0.25) is 15.4 Å². The fourth-order valence-corrected chi connectivity index (χ4v) is 2.33. The highest BCUT2D eigenvalue weighted by Crippen LogP contribution is 2.29. The van der Waals surface area contributed by atoms with Gasteiger partial charge in [0.1, 0.15) is 0 Å². The number of halogens is 3. The van der Waals surface area contributed by atoms with Gasteiger partial charge in [-0.1, -0.05) is 48.5 Å². The molecule has 25 heavy (non-hydrogen) atoms. The Hall–Kier alpha value is -2.38. The minimum absolute atomic E-state index is 0.196. The van der Waals surface area contributed by atoms with E-state index >= 15 is 0 Å². The highest BCUT2D eigenvalue weighted by molar-refractivity contribution is 5.79. The first-order valence-corrected chi connectivity index (χ1v) is 7.77. The Morgan fingerprint density at radius 2 is 1.80 bits per heavy atom. The minimum Gasteiger partial charge on any atom is -0.368 e. The largest absolute Gasteiger partial charge is 0.416 e. The number of nitrogens with one attached hydrogen (secondary N) is 2. The van der Waals surface area contributed by atoms with Crippen LogP contribution in [0.15, 0.2) is 54.6 Å². The summed E-state index contributed by atoms with van der Waals surface area (Å²) in [5.41, 5.74) is 5.93. The summed E-state index contributed by atoms with van der Waals surface area (Å²) in [4.78, 5) is 11.3. The molecule has 0 saturated carbocycles. The lowest BCUT2D eigenvalue weighted by Gasteiger charge is -2.24. The molecule has 4 N–H and O–H groups in total. The van der Waals surface area contributed by atoms with Crippen molar-refractivity contribution in [1.29, 1.82) is 0 Å². The number of amides is 1. The predicted molar refractivity (Wildman–Crippen MR) is 89.3 cm³/mol. The predicted octanol–water partition coefficient (Wildman–Crippen LogP) is 2.96. The molecule has 2 atom stereocenters. The van der Waals surface area contributed by atoms with E-state index in [9.17, 15) is 18.0 Å². The first-order chi connectivity index (χ1) is 11.8. The second kappa shape index (κ2) is 8.13. The number of carbonyl (C=O) groups excluding carboxylic acids is 1. The van der Waals surface area contributed by atoms with Crippen molar-refractivity contribution in [3.8, 4) is 0 Å². The lowest BCUT2D eigenvalue weighted by atomic mass is 10.1. The number of nitrogens with two attached hydrogens (primary N) is 1. The summed E-state index contributed by atoms with van der Waals surface area (Å²) >= 11 is 0. The molecule has 2 aromatic carbocycles. The molecule has 7 heteroatoms. The van der Waals surface area contributed by atoms with Gasteiger partial charge in [0.15, 0.2) is 0 Å². The van der Waals surface area contributed by atoms with Crippen LogP contribution in [0.1, 0.15) is 29.8 Å². The van der Waals surface area contributed by atoms with Crippen LogP contribution in [-0.4, -0.2) is 11.9 Å². The van der Waals surface area contributed by atoms with E-state index < -0.39 is 29.9 Å². The molecule has 0 radical (unpaired) electrons. The topological polar surface area (TPSA) is 67.2 Å². The number of rotatable bonds is 7. The van der Waals surface area contributed by atoms with E-state index in [0.717, 1.165) is 17.7 Å². The Balaban J connectivity index is 2.13. The van der Waals surface area contributed by atoms with Crippen LogP contribution < -0.4 is 16.4 Å². The zero-order valence-electron chi connectivity index (χ0n) is 13.7. The summed E-state index contributed by atoms with van der Waals surface area (Å²) in [6.07, 6.45) is -4.81. The maximum Gasteiger partial charge on any atom is 0.416 e. The quantitative estimate of drug-likeness (QED) is 0.672. The number of alkyl halides is 3. The third-order valence-electron chi connectivity index (χ3n) is 3.74. The Morgan fingerprint density at radius 1 is 1.12 bits per heavy atom. The van der Waals surface area contributed by atoms with Gasteiger partial charge >= 0.3 is 6.18 Å². The number of carbonyl (C=O) groups is 1. The highest BCUT2D eigenvalue weighted by atomic mass is 19.4. The van der Waals surface area contributed by atoms with Crippen molar-refractivity contribution >= 4 is 5.91 Å². The van der Waals surface area contributed by atoms with Gasteiger partial charge in [0.05, 0.1) is 17.8 Å². The lowest BCUT2D eigenvalue weighted by molar-refractivity contribution is -0.137. The summed E-state index contributed by atoms with van der Waals surface area (Å²) in [6.45, 7) is 1.83. The molecular formula is C18H20F3N3O. The van der Waals surface area contributed by atoms with Crippen LogP contribution in [0, 0.1) is 0 Å². The van der Waals surface area contributed by atoms with Crippen LogP contribution in [-0.2, 0) is 17.5 Å². The van der Waals surface area contributed by atoms with E-state index in [-0.39, 0.29) is 6.54 Å². The van der Waals surface area contributed by atoms with E-state index in [1.165, 1.54) is 6.07 Å². The zero-order chi connectivity index (χ0) is 18.4. The van der Waals surface area contributed by atoms with Crippen LogP contribution in [0.25, 0.3) is 0 Å². The fourth-order valence-electron chi connectivity index (χ4n) is 2.33. The maximum atomic E-state index is 12.8. The van der Waals surface area contributed by atoms with Crippen molar-refractivity contribution in [2.45, 2.75) is 31.9 Å². The van der Waals surface area contributed by atoms with Crippen molar-refractivity contribution in [2.24, 2.45) is 5.73 Å². The molecule has 0 aromatic heterocycles. The molecule has 2 unspecified atom stereocenters. The van der Waals surface area contributed by atoms with Crippen molar-refractivity contribution < 1.29 is 18.0 Å². The monoisotopic (exact) mass is 351 g/mol. The average molecular weight is 351 g/mol. The zero-order valence-corrected chi connectivity index (χ0v) is 13.7. The van der Waals surface area contributed by atoms with Gasteiger partial charge in [-0.25, -0.2) is 0 Å². The summed E-state index contributed by atoms with van der Waals surface area (Å²) in [5, 5.41) is 6.17. The van der Waals surface area contributed by atoms with Crippen LogP contribution >= 0.6 is 0 Å². The van der Waals surface area contributed by atoms with Crippen LogP contribution in [0.5, 0.6) is 0 Å². The molecule has 134 valence electrons. The second-order valence-corrected chi connectivity index (χ2v) is 5.71. The number of hydrogen-bond acceptors (Lipinski definition) is 3. The molecule has 2 rings (SSSR count). The SMILES string of the molecule is CC(NC(NCc1cccc(C(F)(F)F)c1)c1ccccc1)C(N)=O. The minimum atomic E-state index is -4.38. The molecule has 1 amide bonds. The molecule has 0 saturated heterocycles. The summed E-state index contributed by atoms with van der Waals surface area (Å²) in [7, 11) is 0. The Morgan fingerprint density at radius 3 is 2.40 bits per heavy atom. The van der Waals surface area contributed by atoms with Gasteiger partial charge in [0, 0.05) is 6.54 Å². The standard InChI is InChI=1S/C18H20F3N3O/c1-12(16(22)25)24-17(14-7-3-2-4-8-14)23-11-13-6-5-9-15(10-13)18(19,20)21/h2-10,12,17,23-24H,11H2,1H3,(H2,22,25). The molecular weight excluding hydrogens is 331 g/mol. The molecule has 0 bridgehead atoms. The molecule has 0 aliphatic heterocycles. The van der Waals surface area contributed by atoms with Gasteiger partial charge in [-0.15, -0.1) is 0 Å². The van der Waals surface area contributed by atoms with Crippen LogP contribution in [0.2, 0.25) is 0 Å². The third-order valence-corrected chi connectivity index (χ3v) is 3.74. The molecule has 0 aliphatic rings. The Bertz CT molecular complexity index is 704. The molecule has 4 nitrogen and oxygen atoms in total. The first kappa shape index (κ1) is 19.0. The Kier molecular flexibility index (Phi) is 6.17. The molecule has 0 fully saturated rings. The number of primary amides is 1. The van der Waals surface area contributed by atoms with Gasteiger partial charge in [-0.2, -0.15) is 13.2 Å². The first-order valence-electron chi connectivity index (χ1n) is 7.77. The van der Waals surface area contributed by atoms with E-state index in [4.69, 9.17) is 5.73 Å². The van der Waals surface area contributed by atoms with Crippen molar-refractivity contribution in [2.75, 3.05) is 0 Å². The molecule has 0 spiro atoms. The summed E-state index contributed by atoms with van der Waals surface area (Å²) in [5.74, 6) is -0.512. The van der Waals surface area contributed by atoms with E-state index in [0.29, 0.717) is 5.56 Å². The smallest absolute Gasteiger partial charge is 0.368 e. The maximum absolute atomic E-state index is 12.8. The van der Waals surface area contributed by atoms with Gasteiger partial charge in [0.25, 0.3) is 0 Å². The fraction of sp³-hybridized carbons (Fsp3) is 0.278. The lowest BCUT2D eigenvalue weighted by Crippen LogP contribution is -2.45. The summed E-state index contributed by atoms with van der Waals surface area (Å²) < 4.78 is 38.4. The molecule has 0 heterocycles. The Labute approximate surface area is 144 Å². The molecule has 2 aromatic rings. The number of benzene rings is 2. The number of hydrogen-bond donors (Lipinski definition) is 3. The van der Waals surface area contributed by atoms with E-state index in [1.54, 1.807) is 13.0 Å². The van der Waals surface area contributed by atoms with Gasteiger partial charge in [0.2, 0.25) is 5.91 Å². The van der Waals surface area contributed by atoms with Crippen LogP contribution in [0.4, 0.5) is 13.2 Å². The summed E-state index contributed by atoms with van der Waals surface area (Å²) in [6, 6.07) is 13.8. The van der Waals surface area contributed by atoms with E-state index in [2.05, 4.69) is 10.6 Å². The van der Waals surface area contributed by atoms with Crippen molar-refractivity contribution in [3.05, 3.63) is 71.3 Å². The van der Waals surface area contributed by atoms with Gasteiger partial charge in [-0.05, 0) is 24.1 Å². The van der Waals surface area contributed by atoms with Crippen molar-refractivity contribution in [3.63, 3.8) is 0 Å². The van der Waals surface area contributed by atoms with E-state index in [1.807, 2.05) is 30.3 Å². The van der Waals surface area contributed by atoms with Gasteiger partial charge < -0.3 is 5.73 Å². The van der Waals surface area contributed by atoms with Crippen LogP contribution in [0.3, 0.4) is 0 Å². The average Bonchev–Trinajstić information content (AvgIpc) is 2.58.